The summed E-state index contributed by atoms with van der Waals surface area (Å²) in [4.78, 5) is 0. The quantitative estimate of drug-likeness (QED) is 0.823. The number of nitrogens with one attached hydrogen (secondary N) is 1. The van der Waals surface area contributed by atoms with Crippen LogP contribution >= 0.6 is 0 Å². The van der Waals surface area contributed by atoms with Crippen molar-refractivity contribution in [1.82, 2.24) is 5.32 Å². The molecule has 112 valence electrons. The molecule has 1 aliphatic carbocycles. The lowest BCUT2D eigenvalue weighted by atomic mass is 9.99. The molecule has 0 heterocycles. The van der Waals surface area contributed by atoms with Crippen molar-refractivity contribution < 1.29 is 9.47 Å². The molecule has 20 heavy (non-hydrogen) atoms. The predicted molar refractivity (Wildman–Crippen MR) is 82.4 cm³/mol. The Labute approximate surface area is 122 Å². The molecule has 1 atom stereocenters. The second kappa shape index (κ2) is 7.53. The average molecular weight is 277 g/mol. The minimum absolute atomic E-state index is 0.568. The summed E-state index contributed by atoms with van der Waals surface area (Å²) in [6.45, 7) is 5.79. The van der Waals surface area contributed by atoms with Crippen LogP contribution in [0.3, 0.4) is 0 Å². The van der Waals surface area contributed by atoms with Gasteiger partial charge in [-0.15, -0.1) is 0 Å². The Kier molecular flexibility index (Phi) is 5.72. The molecule has 0 aromatic heterocycles. The van der Waals surface area contributed by atoms with Gasteiger partial charge in [-0.2, -0.15) is 0 Å². The lowest BCUT2D eigenvalue weighted by molar-refractivity contribution is 0.307. The Morgan fingerprint density at radius 2 is 2.05 bits per heavy atom. The molecule has 0 bridgehead atoms. The van der Waals surface area contributed by atoms with Crippen molar-refractivity contribution in [1.29, 1.82) is 0 Å². The fourth-order valence-corrected chi connectivity index (χ4v) is 3.10. The zero-order chi connectivity index (χ0) is 14.4. The Morgan fingerprint density at radius 3 is 2.70 bits per heavy atom. The van der Waals surface area contributed by atoms with Crippen molar-refractivity contribution >= 4 is 0 Å². The van der Waals surface area contributed by atoms with Crippen LogP contribution < -0.4 is 14.8 Å². The Bertz CT molecular complexity index is 413. The van der Waals surface area contributed by atoms with Gasteiger partial charge in [0.05, 0.1) is 13.7 Å². The van der Waals surface area contributed by atoms with E-state index in [0.717, 1.165) is 24.0 Å². The first kappa shape index (κ1) is 15.2. The zero-order valence-corrected chi connectivity index (χ0v) is 12.9. The highest BCUT2D eigenvalue weighted by molar-refractivity contribution is 5.46. The SMILES string of the molecule is CCOc1cccc(CNC(C)C2CCCC2)c1OC. The van der Waals surface area contributed by atoms with Crippen molar-refractivity contribution in [2.75, 3.05) is 13.7 Å². The summed E-state index contributed by atoms with van der Waals surface area (Å²) >= 11 is 0. The summed E-state index contributed by atoms with van der Waals surface area (Å²) in [5.41, 5.74) is 1.17. The van der Waals surface area contributed by atoms with Gasteiger partial charge in [0.2, 0.25) is 0 Å². The minimum atomic E-state index is 0.568. The zero-order valence-electron chi connectivity index (χ0n) is 12.9. The highest BCUT2D eigenvalue weighted by Gasteiger charge is 2.21. The van der Waals surface area contributed by atoms with Crippen LogP contribution in [-0.2, 0) is 6.54 Å². The maximum atomic E-state index is 5.62. The van der Waals surface area contributed by atoms with Gasteiger partial charge in [-0.05, 0) is 38.7 Å². The van der Waals surface area contributed by atoms with Gasteiger partial charge < -0.3 is 14.8 Å². The average Bonchev–Trinajstić information content (AvgIpc) is 2.99. The number of para-hydroxylation sites is 1. The lowest BCUT2D eigenvalue weighted by Crippen LogP contribution is -2.31. The molecule has 3 heteroatoms. The first-order valence-electron chi connectivity index (χ1n) is 7.78. The Balaban J connectivity index is 1.99. The van der Waals surface area contributed by atoms with Crippen molar-refractivity contribution in [2.45, 2.75) is 52.1 Å². The molecular weight excluding hydrogens is 250 g/mol. The van der Waals surface area contributed by atoms with E-state index in [1.54, 1.807) is 7.11 Å². The highest BCUT2D eigenvalue weighted by Crippen LogP contribution is 2.32. The third-order valence-corrected chi connectivity index (χ3v) is 4.29. The first-order chi connectivity index (χ1) is 9.76. The number of hydrogen-bond donors (Lipinski definition) is 1. The third-order valence-electron chi connectivity index (χ3n) is 4.29. The summed E-state index contributed by atoms with van der Waals surface area (Å²) in [6, 6.07) is 6.67. The van der Waals surface area contributed by atoms with E-state index in [1.807, 2.05) is 19.1 Å². The summed E-state index contributed by atoms with van der Waals surface area (Å²) in [5, 5.41) is 3.65. The van der Waals surface area contributed by atoms with Crippen molar-refractivity contribution in [3.8, 4) is 11.5 Å². The smallest absolute Gasteiger partial charge is 0.165 e. The second-order valence-electron chi connectivity index (χ2n) is 5.60. The van der Waals surface area contributed by atoms with Crippen LogP contribution in [-0.4, -0.2) is 19.8 Å². The fourth-order valence-electron chi connectivity index (χ4n) is 3.10. The number of methoxy groups -OCH3 is 1. The number of rotatable bonds is 7. The van der Waals surface area contributed by atoms with E-state index in [1.165, 1.54) is 31.2 Å². The predicted octanol–water partition coefficient (Wildman–Crippen LogP) is 3.76. The molecule has 0 amide bonds. The third kappa shape index (κ3) is 3.66. The molecule has 1 aromatic carbocycles. The standard InChI is InChI=1S/C17H27NO2/c1-4-20-16-11-7-10-15(17(16)19-3)12-18-13(2)14-8-5-6-9-14/h7,10-11,13-14,18H,4-6,8-9,12H2,1-3H3. The van der Waals surface area contributed by atoms with Crippen LogP contribution in [0, 0.1) is 5.92 Å². The highest BCUT2D eigenvalue weighted by atomic mass is 16.5. The van der Waals surface area contributed by atoms with Gasteiger partial charge in [0, 0.05) is 18.2 Å². The summed E-state index contributed by atoms with van der Waals surface area (Å²) in [5.74, 6) is 2.53. The van der Waals surface area contributed by atoms with Crippen molar-refractivity contribution in [2.24, 2.45) is 5.92 Å². The number of benzene rings is 1. The minimum Gasteiger partial charge on any atom is -0.493 e. The Hall–Kier alpha value is -1.22. The largest absolute Gasteiger partial charge is 0.493 e. The summed E-state index contributed by atoms with van der Waals surface area (Å²) in [6.07, 6.45) is 5.51. The van der Waals surface area contributed by atoms with Gasteiger partial charge in [0.15, 0.2) is 11.5 Å². The van der Waals surface area contributed by atoms with E-state index in [2.05, 4.69) is 18.3 Å². The van der Waals surface area contributed by atoms with E-state index in [4.69, 9.17) is 9.47 Å². The molecule has 0 aliphatic heterocycles. The molecule has 0 radical (unpaired) electrons. The van der Waals surface area contributed by atoms with Crippen molar-refractivity contribution in [3.63, 3.8) is 0 Å². The van der Waals surface area contributed by atoms with Gasteiger partial charge in [0.1, 0.15) is 0 Å². The monoisotopic (exact) mass is 277 g/mol. The summed E-state index contributed by atoms with van der Waals surface area (Å²) < 4.78 is 11.1. The molecule has 1 unspecified atom stereocenters. The van der Waals surface area contributed by atoms with E-state index < -0.39 is 0 Å². The Morgan fingerprint density at radius 1 is 1.30 bits per heavy atom. The maximum absolute atomic E-state index is 5.62. The van der Waals surface area contributed by atoms with Gasteiger partial charge >= 0.3 is 0 Å². The molecule has 2 rings (SSSR count). The normalized spacial score (nSPS) is 17.1. The molecule has 0 spiro atoms. The van der Waals surface area contributed by atoms with E-state index in [9.17, 15) is 0 Å². The number of hydrogen-bond acceptors (Lipinski definition) is 3. The molecule has 1 aliphatic rings. The molecule has 1 aromatic rings. The van der Waals surface area contributed by atoms with Crippen molar-refractivity contribution in [3.05, 3.63) is 23.8 Å². The van der Waals surface area contributed by atoms with Crippen LogP contribution in [0.25, 0.3) is 0 Å². The number of ether oxygens (including phenoxy) is 2. The van der Waals surface area contributed by atoms with Crippen LogP contribution in [0.15, 0.2) is 18.2 Å². The van der Waals surface area contributed by atoms with Gasteiger partial charge in [-0.1, -0.05) is 25.0 Å². The molecule has 3 nitrogen and oxygen atoms in total. The molecular formula is C17H27NO2. The van der Waals surface area contributed by atoms with Gasteiger partial charge in [0.25, 0.3) is 0 Å². The fraction of sp³-hybridized carbons (Fsp3) is 0.647. The van der Waals surface area contributed by atoms with Crippen LogP contribution in [0.1, 0.15) is 45.1 Å². The van der Waals surface area contributed by atoms with E-state index >= 15 is 0 Å². The lowest BCUT2D eigenvalue weighted by Gasteiger charge is -2.21. The van der Waals surface area contributed by atoms with Crippen LogP contribution in [0.5, 0.6) is 11.5 Å². The molecule has 1 saturated carbocycles. The van der Waals surface area contributed by atoms with Gasteiger partial charge in [-0.3, -0.25) is 0 Å². The van der Waals surface area contributed by atoms with Gasteiger partial charge in [-0.25, -0.2) is 0 Å². The van der Waals surface area contributed by atoms with Crippen LogP contribution in [0.4, 0.5) is 0 Å². The molecule has 1 fully saturated rings. The maximum Gasteiger partial charge on any atom is 0.165 e. The van der Waals surface area contributed by atoms with E-state index in [0.29, 0.717) is 12.6 Å². The van der Waals surface area contributed by atoms with E-state index in [-0.39, 0.29) is 0 Å². The first-order valence-corrected chi connectivity index (χ1v) is 7.78. The summed E-state index contributed by atoms with van der Waals surface area (Å²) in [7, 11) is 1.71. The van der Waals surface area contributed by atoms with Crippen LogP contribution in [0.2, 0.25) is 0 Å². The molecule has 1 N–H and O–H groups in total. The molecule has 0 saturated heterocycles. The second-order valence-corrected chi connectivity index (χ2v) is 5.60. The topological polar surface area (TPSA) is 30.5 Å².